The number of hydrogen-bond acceptors (Lipinski definition) is 5. The Morgan fingerprint density at radius 2 is 2.11 bits per heavy atom. The second kappa shape index (κ2) is 9.52. The molecule has 28 heavy (non-hydrogen) atoms. The SMILES string of the molecule is CCN(CC1CCCO1)C(=O)CCCCCN=C1NS(=O)(=O)c2ccccc21. The third-order valence-electron chi connectivity index (χ3n) is 5.16. The van der Waals surface area contributed by atoms with E-state index < -0.39 is 10.0 Å². The molecule has 0 spiro atoms. The molecule has 0 aliphatic carbocycles. The Kier molecular flexibility index (Phi) is 7.07. The average Bonchev–Trinajstić information content (AvgIpc) is 3.29. The van der Waals surface area contributed by atoms with E-state index in [2.05, 4.69) is 9.71 Å². The van der Waals surface area contributed by atoms with Crippen LogP contribution in [0.25, 0.3) is 0 Å². The van der Waals surface area contributed by atoms with Gasteiger partial charge in [0, 0.05) is 38.2 Å². The van der Waals surface area contributed by atoms with Crippen LogP contribution in [0.4, 0.5) is 0 Å². The predicted octanol–water partition coefficient (Wildman–Crippen LogP) is 2.31. The summed E-state index contributed by atoms with van der Waals surface area (Å²) in [5, 5.41) is 0. The van der Waals surface area contributed by atoms with Crippen LogP contribution in [-0.2, 0) is 19.6 Å². The van der Waals surface area contributed by atoms with E-state index in [0.29, 0.717) is 37.5 Å². The van der Waals surface area contributed by atoms with Crippen molar-refractivity contribution in [1.82, 2.24) is 9.62 Å². The number of sulfonamides is 1. The lowest BCUT2D eigenvalue weighted by Gasteiger charge is -2.24. The molecule has 1 atom stereocenters. The van der Waals surface area contributed by atoms with Crippen LogP contribution in [0.1, 0.15) is 51.0 Å². The molecule has 0 aromatic heterocycles. The van der Waals surface area contributed by atoms with Crippen LogP contribution >= 0.6 is 0 Å². The highest BCUT2D eigenvalue weighted by molar-refractivity contribution is 7.90. The quantitative estimate of drug-likeness (QED) is 0.636. The van der Waals surface area contributed by atoms with E-state index in [4.69, 9.17) is 4.74 Å². The third-order valence-corrected chi connectivity index (χ3v) is 6.56. The number of ether oxygens (including phenoxy) is 1. The first-order valence-corrected chi connectivity index (χ1v) is 11.6. The first kappa shape index (κ1) is 20.8. The van der Waals surface area contributed by atoms with Gasteiger partial charge in [-0.2, -0.15) is 0 Å². The highest BCUT2D eigenvalue weighted by Gasteiger charge is 2.29. The van der Waals surface area contributed by atoms with Gasteiger partial charge < -0.3 is 9.64 Å². The molecule has 154 valence electrons. The van der Waals surface area contributed by atoms with Gasteiger partial charge in [-0.1, -0.05) is 18.6 Å². The molecule has 1 fully saturated rings. The highest BCUT2D eigenvalue weighted by Crippen LogP contribution is 2.22. The Balaban J connectivity index is 1.39. The summed E-state index contributed by atoms with van der Waals surface area (Å²) >= 11 is 0. The molecule has 7 nitrogen and oxygen atoms in total. The van der Waals surface area contributed by atoms with Crippen molar-refractivity contribution in [3.8, 4) is 0 Å². The number of nitrogens with one attached hydrogen (secondary N) is 1. The topological polar surface area (TPSA) is 88.1 Å². The number of fused-ring (bicyclic) bond motifs is 1. The number of rotatable bonds is 9. The molecule has 1 saturated heterocycles. The maximum atomic E-state index is 12.4. The van der Waals surface area contributed by atoms with Gasteiger partial charge >= 0.3 is 0 Å². The average molecular weight is 408 g/mol. The number of carbonyl (C=O) groups is 1. The van der Waals surface area contributed by atoms with E-state index in [1.165, 1.54) is 0 Å². The molecule has 1 aromatic carbocycles. The number of nitrogens with zero attached hydrogens (tertiary/aromatic N) is 2. The summed E-state index contributed by atoms with van der Waals surface area (Å²) in [5.41, 5.74) is 0.630. The second-order valence-corrected chi connectivity index (χ2v) is 8.86. The van der Waals surface area contributed by atoms with Crippen molar-refractivity contribution in [1.29, 1.82) is 0 Å². The summed E-state index contributed by atoms with van der Waals surface area (Å²) < 4.78 is 32.2. The Hall–Kier alpha value is -1.93. The number of likely N-dealkylation sites (N-methyl/N-ethyl adjacent to an activating group) is 1. The molecule has 1 N–H and O–H groups in total. The van der Waals surface area contributed by atoms with Crippen LogP contribution < -0.4 is 4.72 Å². The van der Waals surface area contributed by atoms with E-state index >= 15 is 0 Å². The van der Waals surface area contributed by atoms with Crippen LogP contribution in [0, 0.1) is 0 Å². The first-order valence-electron chi connectivity index (χ1n) is 10.1. The van der Waals surface area contributed by atoms with Gasteiger partial charge in [0.15, 0.2) is 0 Å². The van der Waals surface area contributed by atoms with Gasteiger partial charge in [0.25, 0.3) is 10.0 Å². The zero-order valence-electron chi connectivity index (χ0n) is 16.4. The summed E-state index contributed by atoms with van der Waals surface area (Å²) in [6.07, 6.45) is 5.36. The number of unbranched alkanes of at least 4 members (excludes halogenated alkanes) is 2. The Morgan fingerprint density at radius 3 is 2.86 bits per heavy atom. The van der Waals surface area contributed by atoms with E-state index in [-0.39, 0.29) is 16.9 Å². The van der Waals surface area contributed by atoms with Gasteiger partial charge in [-0.15, -0.1) is 0 Å². The van der Waals surface area contributed by atoms with Gasteiger partial charge in [-0.25, -0.2) is 8.42 Å². The lowest BCUT2D eigenvalue weighted by atomic mass is 10.1. The number of amides is 1. The molecule has 2 aliphatic heterocycles. The summed E-state index contributed by atoms with van der Waals surface area (Å²) in [4.78, 5) is 19.0. The van der Waals surface area contributed by atoms with Crippen LogP contribution in [0.2, 0.25) is 0 Å². The van der Waals surface area contributed by atoms with Gasteiger partial charge in [-0.05, 0) is 44.7 Å². The van der Waals surface area contributed by atoms with Crippen LogP contribution in [0.5, 0.6) is 0 Å². The van der Waals surface area contributed by atoms with E-state index in [1.54, 1.807) is 24.3 Å². The molecule has 2 heterocycles. The highest BCUT2D eigenvalue weighted by atomic mass is 32.2. The van der Waals surface area contributed by atoms with Crippen molar-refractivity contribution in [2.75, 3.05) is 26.2 Å². The Labute approximate surface area is 167 Å². The predicted molar refractivity (Wildman–Crippen MR) is 108 cm³/mol. The molecule has 8 heteroatoms. The first-order chi connectivity index (χ1) is 13.5. The minimum atomic E-state index is -3.48. The molecule has 3 rings (SSSR count). The van der Waals surface area contributed by atoms with Crippen LogP contribution in [0.15, 0.2) is 34.2 Å². The minimum absolute atomic E-state index is 0.182. The lowest BCUT2D eigenvalue weighted by Crippen LogP contribution is -2.37. The van der Waals surface area contributed by atoms with Gasteiger partial charge in [-0.3, -0.25) is 14.5 Å². The Bertz CT molecular complexity index is 816. The molecule has 0 radical (unpaired) electrons. The number of hydrogen-bond donors (Lipinski definition) is 1. The number of carbonyl (C=O) groups excluding carboxylic acids is 1. The zero-order chi connectivity index (χ0) is 20.0. The van der Waals surface area contributed by atoms with E-state index in [1.807, 2.05) is 11.8 Å². The van der Waals surface area contributed by atoms with Crippen LogP contribution in [0.3, 0.4) is 0 Å². The summed E-state index contributed by atoms with van der Waals surface area (Å²) in [5.74, 6) is 0.599. The zero-order valence-corrected chi connectivity index (χ0v) is 17.2. The molecular weight excluding hydrogens is 378 g/mol. The smallest absolute Gasteiger partial charge is 0.263 e. The summed E-state index contributed by atoms with van der Waals surface area (Å²) in [6.45, 7) is 4.76. The maximum absolute atomic E-state index is 12.4. The lowest BCUT2D eigenvalue weighted by molar-refractivity contribution is -0.132. The maximum Gasteiger partial charge on any atom is 0.263 e. The number of amidine groups is 1. The standard InChI is InChI=1S/C20H29N3O4S/c1-2-23(15-16-9-8-14-27-16)19(24)12-4-3-7-13-21-20-17-10-5-6-11-18(17)28(25,26)22-20/h5-6,10-11,16H,2-4,7-9,12-15H2,1H3,(H,21,22). The van der Waals surface area contributed by atoms with E-state index in [9.17, 15) is 13.2 Å². The molecule has 2 aliphatic rings. The molecule has 1 aromatic rings. The van der Waals surface area contributed by atoms with Crippen molar-refractivity contribution in [2.45, 2.75) is 56.4 Å². The largest absolute Gasteiger partial charge is 0.376 e. The molecular formula is C20H29N3O4S. The van der Waals surface area contributed by atoms with Crippen molar-refractivity contribution in [3.05, 3.63) is 29.8 Å². The molecule has 1 unspecified atom stereocenters. The molecule has 1 amide bonds. The summed E-state index contributed by atoms with van der Waals surface area (Å²) in [6, 6.07) is 6.86. The second-order valence-electron chi connectivity index (χ2n) is 7.21. The van der Waals surface area contributed by atoms with Gasteiger partial charge in [0.2, 0.25) is 5.91 Å². The minimum Gasteiger partial charge on any atom is -0.376 e. The van der Waals surface area contributed by atoms with Crippen molar-refractivity contribution in [2.24, 2.45) is 4.99 Å². The Morgan fingerprint density at radius 1 is 1.29 bits per heavy atom. The van der Waals surface area contributed by atoms with E-state index in [0.717, 1.165) is 38.7 Å². The fraction of sp³-hybridized carbons (Fsp3) is 0.600. The fourth-order valence-electron chi connectivity index (χ4n) is 3.61. The van der Waals surface area contributed by atoms with Crippen molar-refractivity contribution >= 4 is 21.8 Å². The number of aliphatic imine (C=N–C) groups is 1. The normalized spacial score (nSPS) is 21.5. The summed E-state index contributed by atoms with van der Waals surface area (Å²) in [7, 11) is -3.48. The monoisotopic (exact) mass is 407 g/mol. The molecule has 0 saturated carbocycles. The number of benzene rings is 1. The van der Waals surface area contributed by atoms with Gasteiger partial charge in [0.1, 0.15) is 5.84 Å². The van der Waals surface area contributed by atoms with Gasteiger partial charge in [0.05, 0.1) is 11.0 Å². The third kappa shape index (κ3) is 5.11. The fourth-order valence-corrected chi connectivity index (χ4v) is 4.86. The van der Waals surface area contributed by atoms with Crippen LogP contribution in [-0.4, -0.2) is 57.4 Å². The van der Waals surface area contributed by atoms with Crippen molar-refractivity contribution in [3.63, 3.8) is 0 Å². The van der Waals surface area contributed by atoms with Crippen molar-refractivity contribution < 1.29 is 17.9 Å². The molecule has 0 bridgehead atoms.